The van der Waals surface area contributed by atoms with Crippen molar-refractivity contribution < 1.29 is 43.4 Å². The molecule has 3 heterocycles. The SMILES string of the molecule is CC(C)N(CCC#N)C(=O)c1cc(N)ccc1N(C)C.CCN(CC)CC(C)NC(=O)c1cc(N)ccc1N(C)C.COCC(O)CN(C)C(=O)c1cc(N)ccc1N(C)C.Cc1ccc(N)cc1C(=O)NCCn1ccnc1.NC(=O)c1cc(N)ccc1NCCn1ccnc1.NC(=O)c1cc(N)ccc1Nc1cccc2c1CCCC2.NC(=O)c1cc(N)ccc1Nc1cccc2ncccc12. The Morgan fingerprint density at radius 3 is 1.45 bits per heavy atom. The van der Waals surface area contributed by atoms with Gasteiger partial charge in [0.05, 0.1) is 88.1 Å². The Balaban J connectivity index is 0.000000221. The van der Waals surface area contributed by atoms with Crippen molar-refractivity contribution >= 4 is 138 Å². The van der Waals surface area contributed by atoms with Crippen LogP contribution >= 0.6 is 0 Å². The molecule has 738 valence electrons. The maximum atomic E-state index is 12.7. The molecule has 13 rings (SSSR count). The van der Waals surface area contributed by atoms with Crippen molar-refractivity contribution in [3.8, 4) is 6.07 Å². The molecule has 12 aromatic rings. The summed E-state index contributed by atoms with van der Waals surface area (Å²) in [6.45, 7) is 18.4. The number of nitrogen functional groups attached to an aromatic ring is 7. The van der Waals surface area contributed by atoms with E-state index in [-0.39, 0.29) is 48.9 Å². The third kappa shape index (κ3) is 34.3. The smallest absolute Gasteiger partial charge is 0.256 e. The van der Waals surface area contributed by atoms with Crippen LogP contribution in [-0.2, 0) is 30.7 Å². The molecule has 2 atom stereocenters. The molecule has 0 radical (unpaired) electrons. The Morgan fingerprint density at radius 1 is 0.504 bits per heavy atom. The molecule has 0 fully saturated rings. The Labute approximate surface area is 814 Å². The van der Waals surface area contributed by atoms with Gasteiger partial charge in [-0.2, -0.15) is 5.26 Å². The number of aliphatic hydroxyl groups excluding tert-OH is 1. The highest BCUT2D eigenvalue weighted by atomic mass is 16.5. The van der Waals surface area contributed by atoms with E-state index in [2.05, 4.69) is 72.4 Å². The van der Waals surface area contributed by atoms with Gasteiger partial charge < -0.3 is 132 Å². The lowest BCUT2D eigenvalue weighted by Gasteiger charge is -2.28. The van der Waals surface area contributed by atoms with Crippen molar-refractivity contribution in [2.75, 3.05) is 180 Å². The first-order chi connectivity index (χ1) is 66.2. The van der Waals surface area contributed by atoms with E-state index in [4.69, 9.17) is 67.3 Å². The molecular formula is C103H137N27O9. The number of benzene rings is 9. The summed E-state index contributed by atoms with van der Waals surface area (Å²) in [5.41, 5.74) is 74.5. The molecule has 26 N–H and O–H groups in total. The van der Waals surface area contributed by atoms with E-state index < -0.39 is 23.8 Å². The van der Waals surface area contributed by atoms with E-state index >= 15 is 0 Å². The minimum atomic E-state index is -0.710. The number of hydrogen-bond donors (Lipinski definition) is 16. The molecule has 36 nitrogen and oxygen atoms in total. The highest BCUT2D eigenvalue weighted by Crippen LogP contribution is 2.34. The Morgan fingerprint density at radius 2 is 0.957 bits per heavy atom. The van der Waals surface area contributed by atoms with Gasteiger partial charge in [-0.15, -0.1) is 0 Å². The van der Waals surface area contributed by atoms with E-state index in [1.807, 2.05) is 179 Å². The van der Waals surface area contributed by atoms with Gasteiger partial charge in [0.1, 0.15) is 0 Å². The van der Waals surface area contributed by atoms with Gasteiger partial charge in [-0.05, 0) is 235 Å². The van der Waals surface area contributed by atoms with Crippen LogP contribution in [0.3, 0.4) is 0 Å². The largest absolute Gasteiger partial charge is 0.399 e. The Kier molecular flexibility index (Phi) is 43.5. The zero-order chi connectivity index (χ0) is 102. The number of anilines is 15. The van der Waals surface area contributed by atoms with E-state index in [0.717, 1.165) is 83.9 Å². The van der Waals surface area contributed by atoms with Crippen LogP contribution in [0.4, 0.5) is 85.3 Å². The van der Waals surface area contributed by atoms with Crippen molar-refractivity contribution in [2.24, 2.45) is 17.2 Å². The molecule has 36 heteroatoms. The number of aryl methyl sites for hydroxylation is 2. The number of nitrogens with one attached hydrogen (secondary N) is 5. The van der Waals surface area contributed by atoms with Crippen LogP contribution < -0.4 is 98.6 Å². The van der Waals surface area contributed by atoms with E-state index in [0.29, 0.717) is 128 Å². The Bertz CT molecular complexity index is 6070. The van der Waals surface area contributed by atoms with Crippen molar-refractivity contribution in [2.45, 2.75) is 105 Å². The molecule has 1 aliphatic rings. The van der Waals surface area contributed by atoms with Gasteiger partial charge in [0.25, 0.3) is 41.4 Å². The third-order valence-electron chi connectivity index (χ3n) is 22.0. The van der Waals surface area contributed by atoms with Crippen molar-refractivity contribution in [1.82, 2.24) is 49.4 Å². The number of nitrogens with zero attached hydrogens (tertiary/aromatic N) is 12. The van der Waals surface area contributed by atoms with Gasteiger partial charge in [0, 0.05) is 230 Å². The first-order valence-corrected chi connectivity index (χ1v) is 45.5. The summed E-state index contributed by atoms with van der Waals surface area (Å²) < 4.78 is 8.70. The predicted molar refractivity (Wildman–Crippen MR) is 562 cm³/mol. The molecular weight excluding hydrogens is 1760 g/mol. The number of hydrogen-bond acceptors (Lipinski definition) is 27. The molecule has 7 amide bonds. The van der Waals surface area contributed by atoms with Crippen LogP contribution in [-0.4, -0.2) is 212 Å². The van der Waals surface area contributed by atoms with Gasteiger partial charge in [0.15, 0.2) is 0 Å². The second-order valence-electron chi connectivity index (χ2n) is 33.8. The molecule has 0 aliphatic heterocycles. The number of likely N-dealkylation sites (N-methyl/N-ethyl adjacent to an activating group) is 2. The number of methoxy groups -OCH3 is 1. The highest BCUT2D eigenvalue weighted by molar-refractivity contribution is 6.05. The average Bonchev–Trinajstić information content (AvgIpc) is 0.956. The number of rotatable bonds is 33. The molecule has 9 aromatic carbocycles. The number of carbonyl (C=O) groups is 7. The number of ether oxygens (including phenoxy) is 1. The molecule has 1 aliphatic carbocycles. The van der Waals surface area contributed by atoms with Crippen molar-refractivity contribution in [3.63, 3.8) is 0 Å². The average molecular weight is 1900 g/mol. The van der Waals surface area contributed by atoms with Crippen LogP contribution in [0.25, 0.3) is 10.9 Å². The number of carbonyl (C=O) groups excluding carboxylic acids is 7. The lowest BCUT2D eigenvalue weighted by molar-refractivity contribution is 0.0380. The number of amides is 7. The second-order valence-corrected chi connectivity index (χ2v) is 33.8. The van der Waals surface area contributed by atoms with Crippen LogP contribution in [0.2, 0.25) is 0 Å². The fourth-order valence-corrected chi connectivity index (χ4v) is 14.8. The molecule has 139 heavy (non-hydrogen) atoms. The minimum absolute atomic E-state index is 0.0345. The Hall–Kier alpha value is -16.1. The van der Waals surface area contributed by atoms with E-state index in [1.54, 1.807) is 140 Å². The van der Waals surface area contributed by atoms with Crippen LogP contribution in [0.1, 0.15) is 143 Å². The summed E-state index contributed by atoms with van der Waals surface area (Å²) in [5.74, 6) is -1.95. The lowest BCUT2D eigenvalue weighted by atomic mass is 9.90. The second kappa shape index (κ2) is 55.0. The van der Waals surface area contributed by atoms with Gasteiger partial charge in [0.2, 0.25) is 0 Å². The highest BCUT2D eigenvalue weighted by Gasteiger charge is 2.25. The first-order valence-electron chi connectivity index (χ1n) is 45.5. The molecule has 2 unspecified atom stereocenters. The summed E-state index contributed by atoms with van der Waals surface area (Å²) in [6, 6.07) is 54.6. The number of fused-ring (bicyclic) bond motifs is 2. The van der Waals surface area contributed by atoms with Crippen LogP contribution in [0, 0.1) is 18.3 Å². The molecule has 0 saturated heterocycles. The zero-order valence-corrected chi connectivity index (χ0v) is 82.0. The number of nitrogens with two attached hydrogens (primary N) is 10. The van der Waals surface area contributed by atoms with E-state index in [9.17, 15) is 38.7 Å². The van der Waals surface area contributed by atoms with Crippen molar-refractivity contribution in [1.29, 1.82) is 5.26 Å². The summed E-state index contributed by atoms with van der Waals surface area (Å²) in [7, 11) is 14.5. The predicted octanol–water partition coefficient (Wildman–Crippen LogP) is 11.8. The summed E-state index contributed by atoms with van der Waals surface area (Å²) in [4.78, 5) is 107. The summed E-state index contributed by atoms with van der Waals surface area (Å²) in [6.07, 6.45) is 16.6. The number of aliphatic hydroxyl groups is 1. The van der Waals surface area contributed by atoms with E-state index in [1.165, 1.54) is 36.0 Å². The van der Waals surface area contributed by atoms with Gasteiger partial charge in [-0.25, -0.2) is 9.97 Å². The molecule has 0 saturated carbocycles. The fourth-order valence-electron chi connectivity index (χ4n) is 14.8. The molecule has 0 bridgehead atoms. The zero-order valence-electron chi connectivity index (χ0n) is 82.0. The molecule has 3 aromatic heterocycles. The third-order valence-corrected chi connectivity index (χ3v) is 22.0. The maximum Gasteiger partial charge on any atom is 0.256 e. The number of aromatic nitrogens is 5. The normalized spacial score (nSPS) is 11.3. The number of imidazole rings is 2. The van der Waals surface area contributed by atoms with Crippen LogP contribution in [0.5, 0.6) is 0 Å². The summed E-state index contributed by atoms with van der Waals surface area (Å²) >= 11 is 0. The van der Waals surface area contributed by atoms with Crippen molar-refractivity contribution in [3.05, 3.63) is 275 Å². The monoisotopic (exact) mass is 1900 g/mol. The lowest BCUT2D eigenvalue weighted by Crippen LogP contribution is -2.42. The summed E-state index contributed by atoms with van der Waals surface area (Å²) in [5, 5.41) is 35.0. The first kappa shape index (κ1) is 110. The van der Waals surface area contributed by atoms with Gasteiger partial charge in [-0.1, -0.05) is 38.1 Å². The maximum absolute atomic E-state index is 12.7. The standard InChI is InChI=1S/C17H19N3O.C16H14N4O.C16H28N4O.C15H22N4O.C14H23N3O3.C13H16N4O.C12H15N5O/c18-12-8-9-16(14(10-12)17(19)21)20-15-7-3-5-11-4-1-2-6-13(11)15;17-10-6-7-15(12(9-10)16(18)21)20-14-5-1-4-13-11(14)3-2-8-19-13;1-6-20(7-2)11-12(3)18-16(21)14-10-13(17)8-9-15(14)19(4)5;1-11(2)19(9-5-8-16)15(20)13-10-12(17)6-7-14(13)18(3)4;1-16(2)13-6-5-10(15)7-12(13)14(19)17(3)8-11(18)9-20-4;1-10-2-3-11(14)8-12(10)13(18)16-5-7-17-6-4-15-9-17;13-9-1-2-11(10(7-9)12(14)18)16-4-6-17-5-3-15-8-17/h3,5,7-10,20H,1-2,4,6,18H2,(H2,19,21);1-9,20H,17H2,(H2,18,21);8-10,12H,6-7,11,17H2,1-5H3,(H,18,21);6-7,10-11H,5,9,17H2,1-4H3;5-7,11,18H,8-9,15H2,1-4H3;2-4,6,8-9H,5,7,14H2,1H3,(H,16,18);1-3,5,7-8,16H,4,6,13H2,(H2,14,18). The minimum Gasteiger partial charge on any atom is -0.399 e. The molecule has 0 spiro atoms. The number of nitriles is 1. The van der Waals surface area contributed by atoms with Gasteiger partial charge >= 0.3 is 0 Å². The number of pyridine rings is 1. The fraction of sp³-hybridized carbons (Fsp3) is 0.311. The van der Waals surface area contributed by atoms with Gasteiger partial charge in [-0.3, -0.25) is 38.5 Å². The number of primary amides is 3. The topological polar surface area (TPSA) is 561 Å². The quantitative estimate of drug-likeness (QED) is 0.0170. The van der Waals surface area contributed by atoms with Crippen LogP contribution in [0.15, 0.2) is 220 Å².